The minimum Gasteiger partial charge on any atom is -0.383 e. The molecule has 0 atom stereocenters. The first-order valence-corrected chi connectivity index (χ1v) is 10.4. The Labute approximate surface area is 177 Å². The van der Waals surface area contributed by atoms with Crippen molar-refractivity contribution in [3.8, 4) is 0 Å². The second-order valence-electron chi connectivity index (χ2n) is 7.75. The molecule has 3 aromatic rings. The van der Waals surface area contributed by atoms with Crippen molar-refractivity contribution in [3.63, 3.8) is 0 Å². The van der Waals surface area contributed by atoms with Crippen LogP contribution >= 0.6 is 0 Å². The lowest BCUT2D eigenvalue weighted by atomic mass is 10.2. The molecular weight excluding hydrogens is 378 g/mol. The van der Waals surface area contributed by atoms with Crippen LogP contribution in [0.25, 0.3) is 5.52 Å². The smallest absolute Gasteiger partial charge is 0.255 e. The van der Waals surface area contributed by atoms with Crippen LogP contribution in [0.4, 0.5) is 5.82 Å². The third kappa shape index (κ3) is 4.47. The van der Waals surface area contributed by atoms with Crippen molar-refractivity contribution < 1.29 is 9.53 Å². The molecule has 0 radical (unpaired) electrons. The van der Waals surface area contributed by atoms with Crippen LogP contribution in [0.1, 0.15) is 15.9 Å². The molecule has 7 heteroatoms. The van der Waals surface area contributed by atoms with E-state index in [1.54, 1.807) is 12.0 Å². The van der Waals surface area contributed by atoms with Gasteiger partial charge < -0.3 is 18.9 Å². The highest BCUT2D eigenvalue weighted by Crippen LogP contribution is 2.22. The van der Waals surface area contributed by atoms with Gasteiger partial charge in [-0.15, -0.1) is 0 Å². The molecule has 1 aliphatic heterocycles. The molecule has 4 rings (SSSR count). The highest BCUT2D eigenvalue weighted by atomic mass is 16.5. The molecular formula is C23H29N5O2. The van der Waals surface area contributed by atoms with Gasteiger partial charge in [0.25, 0.3) is 5.91 Å². The lowest BCUT2D eigenvalue weighted by molar-refractivity contribution is 0.0744. The molecule has 0 unspecified atom stereocenters. The number of pyridine rings is 2. The lowest BCUT2D eigenvalue weighted by Crippen LogP contribution is -2.46. The number of methoxy groups -OCH3 is 1. The lowest BCUT2D eigenvalue weighted by Gasteiger charge is -2.35. The van der Waals surface area contributed by atoms with E-state index in [0.29, 0.717) is 18.7 Å². The predicted octanol–water partition coefficient (Wildman–Crippen LogP) is 2.37. The number of nitrogens with zero attached hydrogens (tertiary/aromatic N) is 5. The van der Waals surface area contributed by atoms with Gasteiger partial charge in [0, 0.05) is 77.5 Å². The van der Waals surface area contributed by atoms with Crippen LogP contribution in [-0.4, -0.2) is 78.6 Å². The van der Waals surface area contributed by atoms with Crippen molar-refractivity contribution in [3.05, 3.63) is 66.1 Å². The zero-order valence-electron chi connectivity index (χ0n) is 17.7. The van der Waals surface area contributed by atoms with E-state index in [2.05, 4.69) is 37.4 Å². The number of rotatable bonds is 7. The molecule has 158 valence electrons. The van der Waals surface area contributed by atoms with Gasteiger partial charge in [0.1, 0.15) is 5.82 Å². The van der Waals surface area contributed by atoms with Crippen molar-refractivity contribution >= 4 is 17.2 Å². The number of fused-ring (bicyclic) bond motifs is 1. The fourth-order valence-electron chi connectivity index (χ4n) is 3.91. The number of aromatic nitrogens is 2. The van der Waals surface area contributed by atoms with Gasteiger partial charge in [-0.3, -0.25) is 14.7 Å². The number of carbonyl (C=O) groups excluding carboxylic acids is 1. The molecule has 0 saturated carbocycles. The maximum absolute atomic E-state index is 12.8. The SMILES string of the molecule is COCCN(C)C(=O)c1ccc2ccc(N3CCN(Cc4cccnc4)CC3)n2c1. The molecule has 0 aromatic carbocycles. The summed E-state index contributed by atoms with van der Waals surface area (Å²) in [5.74, 6) is 1.15. The van der Waals surface area contributed by atoms with Crippen molar-refractivity contribution in [2.75, 3.05) is 58.4 Å². The number of hydrogen-bond acceptors (Lipinski definition) is 5. The van der Waals surface area contributed by atoms with Gasteiger partial charge in [-0.05, 0) is 35.9 Å². The third-order valence-electron chi connectivity index (χ3n) is 5.68. The fourth-order valence-corrected chi connectivity index (χ4v) is 3.91. The summed E-state index contributed by atoms with van der Waals surface area (Å²) in [6.45, 7) is 5.95. The monoisotopic (exact) mass is 407 g/mol. The molecule has 0 bridgehead atoms. The van der Waals surface area contributed by atoms with Crippen LogP contribution in [0.5, 0.6) is 0 Å². The van der Waals surface area contributed by atoms with Crippen molar-refractivity contribution in [2.45, 2.75) is 6.54 Å². The number of carbonyl (C=O) groups is 1. The summed E-state index contributed by atoms with van der Waals surface area (Å²) < 4.78 is 7.22. The number of amides is 1. The van der Waals surface area contributed by atoms with Crippen LogP contribution in [0.15, 0.2) is 55.0 Å². The molecule has 0 aliphatic carbocycles. The summed E-state index contributed by atoms with van der Waals surface area (Å²) in [7, 11) is 3.45. The highest BCUT2D eigenvalue weighted by Gasteiger charge is 2.20. The largest absolute Gasteiger partial charge is 0.383 e. The summed E-state index contributed by atoms with van der Waals surface area (Å²) in [5, 5.41) is 0. The van der Waals surface area contributed by atoms with Gasteiger partial charge in [0.05, 0.1) is 12.2 Å². The molecule has 4 heterocycles. The quantitative estimate of drug-likeness (QED) is 0.602. The second kappa shape index (κ2) is 9.28. The Morgan fingerprint density at radius 2 is 1.93 bits per heavy atom. The van der Waals surface area contributed by atoms with E-state index in [1.807, 2.05) is 43.8 Å². The zero-order valence-corrected chi connectivity index (χ0v) is 17.7. The first kappa shape index (κ1) is 20.4. The van der Waals surface area contributed by atoms with E-state index < -0.39 is 0 Å². The summed E-state index contributed by atoms with van der Waals surface area (Å²) in [5.41, 5.74) is 3.03. The molecule has 1 amide bonds. The summed E-state index contributed by atoms with van der Waals surface area (Å²) >= 11 is 0. The van der Waals surface area contributed by atoms with Crippen LogP contribution in [-0.2, 0) is 11.3 Å². The predicted molar refractivity (Wildman–Crippen MR) is 118 cm³/mol. The molecule has 30 heavy (non-hydrogen) atoms. The summed E-state index contributed by atoms with van der Waals surface area (Å²) in [4.78, 5) is 23.5. The van der Waals surface area contributed by atoms with Gasteiger partial charge in [-0.25, -0.2) is 0 Å². The van der Waals surface area contributed by atoms with Crippen molar-refractivity contribution in [2.24, 2.45) is 0 Å². The Bertz CT molecular complexity index is 980. The first-order valence-electron chi connectivity index (χ1n) is 10.4. The highest BCUT2D eigenvalue weighted by molar-refractivity contribution is 5.94. The molecule has 3 aromatic heterocycles. The molecule has 1 fully saturated rings. The van der Waals surface area contributed by atoms with E-state index in [0.717, 1.165) is 44.1 Å². The minimum atomic E-state index is 0.00916. The molecule has 1 saturated heterocycles. The minimum absolute atomic E-state index is 0.00916. The maximum atomic E-state index is 12.8. The maximum Gasteiger partial charge on any atom is 0.255 e. The number of hydrogen-bond donors (Lipinski definition) is 0. The van der Waals surface area contributed by atoms with Gasteiger partial charge >= 0.3 is 0 Å². The Morgan fingerprint density at radius 1 is 1.13 bits per heavy atom. The Morgan fingerprint density at radius 3 is 2.67 bits per heavy atom. The zero-order chi connectivity index (χ0) is 20.9. The summed E-state index contributed by atoms with van der Waals surface area (Å²) in [6.07, 6.45) is 5.71. The van der Waals surface area contributed by atoms with Crippen molar-refractivity contribution in [1.82, 2.24) is 19.2 Å². The average molecular weight is 408 g/mol. The molecule has 1 aliphatic rings. The van der Waals surface area contributed by atoms with E-state index in [1.165, 1.54) is 5.56 Å². The second-order valence-corrected chi connectivity index (χ2v) is 7.75. The van der Waals surface area contributed by atoms with Gasteiger partial charge in [0.2, 0.25) is 0 Å². The van der Waals surface area contributed by atoms with E-state index >= 15 is 0 Å². The Balaban J connectivity index is 1.45. The third-order valence-corrected chi connectivity index (χ3v) is 5.68. The standard InChI is InChI=1S/C23H29N5O2/c1-25(14-15-30-2)23(29)20-5-6-21-7-8-22(28(21)18-20)27-12-10-26(11-13-27)17-19-4-3-9-24-16-19/h3-9,16,18H,10-15,17H2,1-2H3. The van der Waals surface area contributed by atoms with Gasteiger partial charge in [-0.2, -0.15) is 0 Å². The number of piperazine rings is 1. The van der Waals surface area contributed by atoms with Gasteiger partial charge in [0.15, 0.2) is 0 Å². The Hall–Kier alpha value is -2.90. The Kier molecular flexibility index (Phi) is 6.30. The van der Waals surface area contributed by atoms with Crippen LogP contribution in [0.3, 0.4) is 0 Å². The van der Waals surface area contributed by atoms with Crippen LogP contribution in [0, 0.1) is 0 Å². The van der Waals surface area contributed by atoms with Crippen LogP contribution in [0.2, 0.25) is 0 Å². The normalized spacial score (nSPS) is 14.9. The number of anilines is 1. The van der Waals surface area contributed by atoms with E-state index in [4.69, 9.17) is 4.74 Å². The summed E-state index contributed by atoms with van der Waals surface area (Å²) in [6, 6.07) is 12.3. The number of likely N-dealkylation sites (N-methyl/N-ethyl adjacent to an activating group) is 1. The fraction of sp³-hybridized carbons (Fsp3) is 0.391. The van der Waals surface area contributed by atoms with Gasteiger partial charge in [-0.1, -0.05) is 6.07 Å². The molecule has 0 spiro atoms. The first-order chi connectivity index (χ1) is 14.7. The van der Waals surface area contributed by atoms with E-state index in [-0.39, 0.29) is 5.91 Å². The van der Waals surface area contributed by atoms with E-state index in [9.17, 15) is 4.79 Å². The molecule has 7 nitrogen and oxygen atoms in total. The van der Waals surface area contributed by atoms with Crippen molar-refractivity contribution in [1.29, 1.82) is 0 Å². The topological polar surface area (TPSA) is 53.3 Å². The molecule has 0 N–H and O–H groups in total. The number of ether oxygens (including phenoxy) is 1. The average Bonchev–Trinajstić information content (AvgIpc) is 3.21. The van der Waals surface area contributed by atoms with Crippen LogP contribution < -0.4 is 4.90 Å².